The number of aliphatic hydroxyl groups excluding tert-OH is 2. The molecule has 6 heteroatoms. The quantitative estimate of drug-likeness (QED) is 0.0325. The number of aliphatic hydroxyl groups is 2. The zero-order valence-corrected chi connectivity index (χ0v) is 37.1. The maximum Gasteiger partial charge on any atom is 0.306 e. The summed E-state index contributed by atoms with van der Waals surface area (Å²) in [5.74, 6) is -0.478. The van der Waals surface area contributed by atoms with E-state index in [1.165, 1.54) is 154 Å². The van der Waals surface area contributed by atoms with Gasteiger partial charge in [0.05, 0.1) is 25.2 Å². The Morgan fingerprint density at radius 1 is 0.509 bits per heavy atom. The van der Waals surface area contributed by atoms with Crippen molar-refractivity contribution in [2.75, 3.05) is 6.61 Å². The third-order valence-electron chi connectivity index (χ3n) is 11.3. The van der Waals surface area contributed by atoms with Gasteiger partial charge in [-0.25, -0.2) is 0 Å². The van der Waals surface area contributed by atoms with Gasteiger partial charge < -0.3 is 20.3 Å². The number of ether oxygens (including phenoxy) is 1. The number of carbonyl (C=O) groups excluding carboxylic acids is 2. The van der Waals surface area contributed by atoms with Crippen molar-refractivity contribution in [3.63, 3.8) is 0 Å². The second-order valence-electron chi connectivity index (χ2n) is 16.9. The Morgan fingerprint density at radius 2 is 0.891 bits per heavy atom. The fourth-order valence-corrected chi connectivity index (χ4v) is 7.59. The van der Waals surface area contributed by atoms with Gasteiger partial charge in [0.1, 0.15) is 6.10 Å². The number of unbranched alkanes of at least 4 members (excludes halogenated alkanes) is 30. The van der Waals surface area contributed by atoms with Crippen LogP contribution in [0.15, 0.2) is 12.2 Å². The van der Waals surface area contributed by atoms with Crippen molar-refractivity contribution in [2.45, 2.75) is 283 Å². The lowest BCUT2D eigenvalue weighted by Gasteiger charge is -2.24. The Balaban J connectivity index is 4.45. The van der Waals surface area contributed by atoms with Gasteiger partial charge in [0, 0.05) is 6.42 Å². The molecule has 0 aliphatic rings. The van der Waals surface area contributed by atoms with E-state index in [4.69, 9.17) is 4.74 Å². The van der Waals surface area contributed by atoms with E-state index in [2.05, 4.69) is 38.2 Å². The summed E-state index contributed by atoms with van der Waals surface area (Å²) >= 11 is 0. The van der Waals surface area contributed by atoms with Crippen LogP contribution in [0.25, 0.3) is 0 Å². The van der Waals surface area contributed by atoms with Crippen LogP contribution < -0.4 is 5.32 Å². The fourth-order valence-electron chi connectivity index (χ4n) is 7.59. The van der Waals surface area contributed by atoms with Crippen LogP contribution in [0.2, 0.25) is 0 Å². The summed E-state index contributed by atoms with van der Waals surface area (Å²) < 4.78 is 5.90. The smallest absolute Gasteiger partial charge is 0.306 e. The molecule has 6 nitrogen and oxygen atoms in total. The van der Waals surface area contributed by atoms with Crippen LogP contribution in [0.1, 0.15) is 265 Å². The Morgan fingerprint density at radius 3 is 1.35 bits per heavy atom. The van der Waals surface area contributed by atoms with Gasteiger partial charge in [0.25, 0.3) is 0 Å². The number of carbonyl (C=O) groups is 2. The average molecular weight is 778 g/mol. The molecule has 0 aromatic rings. The van der Waals surface area contributed by atoms with Gasteiger partial charge >= 0.3 is 5.97 Å². The van der Waals surface area contributed by atoms with Crippen molar-refractivity contribution in [1.82, 2.24) is 5.32 Å². The van der Waals surface area contributed by atoms with Crippen molar-refractivity contribution in [3.05, 3.63) is 12.2 Å². The van der Waals surface area contributed by atoms with E-state index < -0.39 is 18.2 Å². The molecule has 0 aromatic carbocycles. The third kappa shape index (κ3) is 39.2. The molecule has 55 heavy (non-hydrogen) atoms. The first kappa shape index (κ1) is 53.6. The molecule has 0 radical (unpaired) electrons. The number of nitrogens with one attached hydrogen (secondary N) is 1. The molecular formula is C49H95NO5. The van der Waals surface area contributed by atoms with Gasteiger partial charge in [-0.1, -0.05) is 219 Å². The molecule has 3 atom stereocenters. The van der Waals surface area contributed by atoms with E-state index in [0.29, 0.717) is 19.3 Å². The Bertz CT molecular complexity index is 832. The molecule has 0 rings (SSSR count). The second-order valence-corrected chi connectivity index (χ2v) is 16.9. The number of esters is 1. The minimum Gasteiger partial charge on any atom is -0.462 e. The van der Waals surface area contributed by atoms with Crippen molar-refractivity contribution < 1.29 is 24.5 Å². The number of amides is 1. The Kier molecular flexibility index (Phi) is 42.6. The molecule has 0 saturated heterocycles. The summed E-state index contributed by atoms with van der Waals surface area (Å²) in [5, 5.41) is 23.6. The lowest BCUT2D eigenvalue weighted by molar-refractivity contribution is -0.151. The second kappa shape index (κ2) is 43.7. The third-order valence-corrected chi connectivity index (χ3v) is 11.3. The van der Waals surface area contributed by atoms with Gasteiger partial charge in [-0.3, -0.25) is 9.59 Å². The normalized spacial score (nSPS) is 13.3. The summed E-state index contributed by atoms with van der Waals surface area (Å²) in [5.41, 5.74) is 0. The topological polar surface area (TPSA) is 95.9 Å². The van der Waals surface area contributed by atoms with Crippen molar-refractivity contribution in [1.29, 1.82) is 0 Å². The minimum atomic E-state index is -0.784. The molecule has 0 heterocycles. The molecule has 0 saturated carbocycles. The highest BCUT2D eigenvalue weighted by atomic mass is 16.5. The maximum absolute atomic E-state index is 13.1. The fraction of sp³-hybridized carbons (Fsp3) is 0.918. The van der Waals surface area contributed by atoms with Crippen LogP contribution in [0.4, 0.5) is 0 Å². The van der Waals surface area contributed by atoms with Crippen LogP contribution in [-0.2, 0) is 14.3 Å². The molecule has 326 valence electrons. The molecule has 0 bridgehead atoms. The van der Waals surface area contributed by atoms with Gasteiger partial charge in [-0.05, 0) is 44.9 Å². The van der Waals surface area contributed by atoms with Gasteiger partial charge in [-0.15, -0.1) is 0 Å². The van der Waals surface area contributed by atoms with Crippen molar-refractivity contribution in [3.8, 4) is 0 Å². The molecule has 0 aliphatic heterocycles. The molecule has 3 N–H and O–H groups in total. The highest BCUT2D eigenvalue weighted by Crippen LogP contribution is 2.18. The molecule has 1 amide bonds. The molecule has 0 aliphatic carbocycles. The number of rotatable bonds is 44. The monoisotopic (exact) mass is 778 g/mol. The standard InChI is InChI=1S/C49H95NO5/c1-4-7-10-13-16-19-21-22-23-24-25-27-30-33-36-39-42-49(54)55-45(40-37-34-31-28-18-15-12-9-6-3)43-48(53)50-46(44-51)47(52)41-38-35-32-29-26-20-17-14-11-8-5-2/h15,18,45-47,51-52H,4-14,16-17,19-44H2,1-3H3,(H,50,53)/b18-15-. The number of allylic oxidation sites excluding steroid dienone is 2. The molecule has 0 spiro atoms. The molecule has 0 aromatic heterocycles. The van der Waals surface area contributed by atoms with E-state index >= 15 is 0 Å². The van der Waals surface area contributed by atoms with Crippen LogP contribution in [0.3, 0.4) is 0 Å². The van der Waals surface area contributed by atoms with Crippen LogP contribution in [0.5, 0.6) is 0 Å². The molecule has 3 unspecified atom stereocenters. The summed E-state index contributed by atoms with van der Waals surface area (Å²) in [6.45, 7) is 6.44. The Labute approximate surface area is 342 Å². The summed E-state index contributed by atoms with van der Waals surface area (Å²) in [7, 11) is 0. The Hall–Kier alpha value is -1.40. The molecular weight excluding hydrogens is 683 g/mol. The number of hydrogen-bond donors (Lipinski definition) is 3. The van der Waals surface area contributed by atoms with E-state index in [1.54, 1.807) is 0 Å². The van der Waals surface area contributed by atoms with Crippen LogP contribution >= 0.6 is 0 Å². The lowest BCUT2D eigenvalue weighted by Crippen LogP contribution is -2.46. The van der Waals surface area contributed by atoms with Crippen LogP contribution in [-0.4, -0.2) is 46.9 Å². The lowest BCUT2D eigenvalue weighted by atomic mass is 10.0. The first-order valence-electron chi connectivity index (χ1n) is 24.4. The van der Waals surface area contributed by atoms with E-state index in [9.17, 15) is 19.8 Å². The zero-order valence-electron chi connectivity index (χ0n) is 37.1. The van der Waals surface area contributed by atoms with Crippen molar-refractivity contribution in [2.24, 2.45) is 0 Å². The van der Waals surface area contributed by atoms with Gasteiger partial charge in [-0.2, -0.15) is 0 Å². The SMILES string of the molecule is CCCC/C=C\CCCCCC(CC(=O)NC(CO)C(O)CCCCCCCCCCCCC)OC(=O)CCCCCCCCCCCCCCCCCC. The van der Waals surface area contributed by atoms with E-state index in [0.717, 1.165) is 64.2 Å². The highest BCUT2D eigenvalue weighted by Gasteiger charge is 2.24. The minimum absolute atomic E-state index is 0.0727. The average Bonchev–Trinajstić information content (AvgIpc) is 3.18. The first-order valence-corrected chi connectivity index (χ1v) is 24.4. The van der Waals surface area contributed by atoms with Gasteiger partial charge in [0.15, 0.2) is 0 Å². The zero-order chi connectivity index (χ0) is 40.3. The predicted octanol–water partition coefficient (Wildman–Crippen LogP) is 14.2. The van der Waals surface area contributed by atoms with Gasteiger partial charge in [0.2, 0.25) is 5.91 Å². The molecule has 0 fully saturated rings. The largest absolute Gasteiger partial charge is 0.462 e. The summed E-state index contributed by atoms with van der Waals surface area (Å²) in [4.78, 5) is 26.0. The predicted molar refractivity (Wildman–Crippen MR) is 237 cm³/mol. The maximum atomic E-state index is 13.1. The summed E-state index contributed by atoms with van der Waals surface area (Å²) in [6, 6.07) is -0.698. The first-order chi connectivity index (χ1) is 27.0. The highest BCUT2D eigenvalue weighted by molar-refractivity contribution is 5.77. The van der Waals surface area contributed by atoms with Crippen molar-refractivity contribution >= 4 is 11.9 Å². The van der Waals surface area contributed by atoms with Crippen LogP contribution in [0, 0.1) is 0 Å². The van der Waals surface area contributed by atoms with E-state index in [1.807, 2.05) is 0 Å². The summed E-state index contributed by atoms with van der Waals surface area (Å²) in [6.07, 6.45) is 47.1. The van der Waals surface area contributed by atoms with E-state index in [-0.39, 0.29) is 24.9 Å². The number of hydrogen-bond acceptors (Lipinski definition) is 5.